The first kappa shape index (κ1) is 14.2. The Morgan fingerprint density at radius 3 is 2.65 bits per heavy atom. The van der Waals surface area contributed by atoms with Crippen molar-refractivity contribution in [3.8, 4) is 0 Å². The number of carboxylic acid groups (broad SMARTS) is 1. The summed E-state index contributed by atoms with van der Waals surface area (Å²) in [5, 5.41) is 11.6. The van der Waals surface area contributed by atoms with Crippen LogP contribution in [0.1, 0.15) is 15.9 Å². The first-order chi connectivity index (χ1) is 9.58. The number of para-hydroxylation sites is 1. The molecule has 1 heterocycles. The van der Waals surface area contributed by atoms with Crippen molar-refractivity contribution in [3.63, 3.8) is 0 Å². The van der Waals surface area contributed by atoms with Crippen molar-refractivity contribution in [2.45, 2.75) is 6.42 Å². The van der Waals surface area contributed by atoms with Gasteiger partial charge in [-0.25, -0.2) is 4.98 Å². The summed E-state index contributed by atoms with van der Waals surface area (Å²) < 4.78 is 0.438. The van der Waals surface area contributed by atoms with Crippen molar-refractivity contribution >= 4 is 33.5 Å². The van der Waals surface area contributed by atoms with Crippen LogP contribution in [-0.2, 0) is 11.2 Å². The molecule has 6 heteroatoms. The van der Waals surface area contributed by atoms with Crippen molar-refractivity contribution in [2.75, 3.05) is 5.32 Å². The molecule has 2 rings (SSSR count). The molecule has 2 N–H and O–H groups in total. The first-order valence-corrected chi connectivity index (χ1v) is 6.59. The fraction of sp³-hybridized carbons (Fsp3) is 0.0714. The van der Waals surface area contributed by atoms with E-state index >= 15 is 0 Å². The van der Waals surface area contributed by atoms with Crippen LogP contribution in [0, 0.1) is 0 Å². The smallest absolute Gasteiger partial charge is 0.307 e. The van der Waals surface area contributed by atoms with Gasteiger partial charge in [0.15, 0.2) is 0 Å². The summed E-state index contributed by atoms with van der Waals surface area (Å²) in [7, 11) is 0. The Morgan fingerprint density at radius 2 is 1.95 bits per heavy atom. The summed E-state index contributed by atoms with van der Waals surface area (Å²) in [4.78, 5) is 26.9. The predicted molar refractivity (Wildman–Crippen MR) is 77.7 cm³/mol. The van der Waals surface area contributed by atoms with Gasteiger partial charge in [0.25, 0.3) is 5.91 Å². The minimum atomic E-state index is -0.950. The third-order valence-electron chi connectivity index (χ3n) is 2.61. The summed E-state index contributed by atoms with van der Waals surface area (Å²) in [6, 6.07) is 10.1. The molecule has 0 aliphatic carbocycles. The quantitative estimate of drug-likeness (QED) is 0.842. The van der Waals surface area contributed by atoms with Gasteiger partial charge in [-0.2, -0.15) is 0 Å². The number of amides is 1. The molecule has 0 aliphatic heterocycles. The number of benzene rings is 1. The van der Waals surface area contributed by atoms with Crippen LogP contribution in [0.25, 0.3) is 0 Å². The maximum Gasteiger partial charge on any atom is 0.307 e. The Balaban J connectivity index is 2.24. The predicted octanol–water partition coefficient (Wildman–Crippen LogP) is 2.72. The number of hydrogen-bond donors (Lipinski definition) is 2. The molecular formula is C14H11BrN2O3. The highest BCUT2D eigenvalue weighted by molar-refractivity contribution is 9.10. The summed E-state index contributed by atoms with van der Waals surface area (Å²) in [5.41, 5.74) is 1.42. The van der Waals surface area contributed by atoms with Gasteiger partial charge < -0.3 is 10.4 Å². The highest BCUT2D eigenvalue weighted by Gasteiger charge is 2.13. The van der Waals surface area contributed by atoms with Crippen molar-refractivity contribution in [2.24, 2.45) is 0 Å². The Labute approximate surface area is 123 Å². The molecule has 1 aromatic heterocycles. The van der Waals surface area contributed by atoms with E-state index in [9.17, 15) is 9.59 Å². The molecule has 0 saturated heterocycles. The maximum atomic E-state index is 12.1. The van der Waals surface area contributed by atoms with Gasteiger partial charge in [-0.1, -0.05) is 18.2 Å². The van der Waals surface area contributed by atoms with E-state index in [1.165, 1.54) is 0 Å². The number of carbonyl (C=O) groups is 2. The van der Waals surface area contributed by atoms with Gasteiger partial charge in [0.1, 0.15) is 4.60 Å². The Kier molecular flexibility index (Phi) is 4.47. The minimum absolute atomic E-state index is 0.148. The van der Waals surface area contributed by atoms with Gasteiger partial charge in [0.05, 0.1) is 12.0 Å². The Morgan fingerprint density at radius 1 is 1.20 bits per heavy atom. The zero-order valence-corrected chi connectivity index (χ0v) is 11.9. The molecule has 0 atom stereocenters. The third kappa shape index (κ3) is 3.42. The topological polar surface area (TPSA) is 79.3 Å². The van der Waals surface area contributed by atoms with Crippen LogP contribution in [0.4, 0.5) is 5.69 Å². The lowest BCUT2D eigenvalue weighted by atomic mass is 10.1. The molecule has 0 radical (unpaired) electrons. The fourth-order valence-corrected chi connectivity index (χ4v) is 2.13. The summed E-state index contributed by atoms with van der Waals surface area (Å²) >= 11 is 3.20. The van der Waals surface area contributed by atoms with E-state index in [1.54, 1.807) is 42.6 Å². The van der Waals surface area contributed by atoms with Gasteiger partial charge in [-0.05, 0) is 39.7 Å². The number of rotatable bonds is 4. The normalized spacial score (nSPS) is 10.1. The van der Waals surface area contributed by atoms with E-state index in [0.29, 0.717) is 21.4 Å². The van der Waals surface area contributed by atoms with Crippen LogP contribution in [-0.4, -0.2) is 22.0 Å². The minimum Gasteiger partial charge on any atom is -0.481 e. The number of carboxylic acids is 1. The number of carbonyl (C=O) groups excluding carboxylic acids is 1. The van der Waals surface area contributed by atoms with E-state index in [0.717, 1.165) is 0 Å². The van der Waals surface area contributed by atoms with Gasteiger partial charge in [-0.15, -0.1) is 0 Å². The monoisotopic (exact) mass is 334 g/mol. The molecule has 0 unspecified atom stereocenters. The summed E-state index contributed by atoms with van der Waals surface area (Å²) in [5.74, 6) is -1.29. The number of pyridine rings is 1. The first-order valence-electron chi connectivity index (χ1n) is 5.79. The standard InChI is InChI=1S/C14H11BrN2O3/c15-13-10(5-3-7-16-13)14(20)17-11-6-2-1-4-9(11)8-12(18)19/h1-7H,8H2,(H,17,20)(H,18,19). The molecule has 5 nitrogen and oxygen atoms in total. The van der Waals surface area contributed by atoms with Gasteiger partial charge >= 0.3 is 5.97 Å². The number of halogens is 1. The molecule has 2 aromatic rings. The second kappa shape index (κ2) is 6.29. The van der Waals surface area contributed by atoms with Crippen LogP contribution in [0.15, 0.2) is 47.2 Å². The molecule has 0 saturated carbocycles. The van der Waals surface area contributed by atoms with Crippen molar-refractivity contribution in [1.82, 2.24) is 4.98 Å². The highest BCUT2D eigenvalue weighted by Crippen LogP contribution is 2.19. The largest absolute Gasteiger partial charge is 0.481 e. The van der Waals surface area contributed by atoms with Crippen LogP contribution in [0.3, 0.4) is 0 Å². The number of aliphatic carboxylic acids is 1. The van der Waals surface area contributed by atoms with E-state index in [-0.39, 0.29) is 12.3 Å². The second-order valence-electron chi connectivity index (χ2n) is 4.02. The fourth-order valence-electron chi connectivity index (χ4n) is 1.70. The number of nitrogens with one attached hydrogen (secondary N) is 1. The van der Waals surface area contributed by atoms with Crippen molar-refractivity contribution < 1.29 is 14.7 Å². The van der Waals surface area contributed by atoms with E-state index in [1.807, 2.05) is 0 Å². The molecule has 0 bridgehead atoms. The molecule has 0 aliphatic rings. The van der Waals surface area contributed by atoms with E-state index in [4.69, 9.17) is 5.11 Å². The molecule has 20 heavy (non-hydrogen) atoms. The lowest BCUT2D eigenvalue weighted by Crippen LogP contribution is -2.15. The summed E-state index contributed by atoms with van der Waals surface area (Å²) in [6.07, 6.45) is 1.42. The molecule has 0 spiro atoms. The van der Waals surface area contributed by atoms with E-state index < -0.39 is 5.97 Å². The molecule has 0 fully saturated rings. The van der Waals surface area contributed by atoms with Crippen LogP contribution in [0.5, 0.6) is 0 Å². The Bertz CT molecular complexity index is 658. The van der Waals surface area contributed by atoms with Crippen molar-refractivity contribution in [3.05, 3.63) is 58.3 Å². The Hall–Kier alpha value is -2.21. The molecule has 1 amide bonds. The third-order valence-corrected chi connectivity index (χ3v) is 3.24. The van der Waals surface area contributed by atoms with Crippen molar-refractivity contribution in [1.29, 1.82) is 0 Å². The van der Waals surface area contributed by atoms with Crippen LogP contribution >= 0.6 is 15.9 Å². The van der Waals surface area contributed by atoms with Gasteiger partial charge in [0, 0.05) is 11.9 Å². The average molecular weight is 335 g/mol. The maximum absolute atomic E-state index is 12.1. The van der Waals surface area contributed by atoms with E-state index in [2.05, 4.69) is 26.2 Å². The van der Waals surface area contributed by atoms with Gasteiger partial charge in [-0.3, -0.25) is 9.59 Å². The molecular weight excluding hydrogens is 324 g/mol. The molecule has 102 valence electrons. The number of nitrogens with zero attached hydrogens (tertiary/aromatic N) is 1. The van der Waals surface area contributed by atoms with Crippen LogP contribution < -0.4 is 5.32 Å². The summed E-state index contributed by atoms with van der Waals surface area (Å²) in [6.45, 7) is 0. The van der Waals surface area contributed by atoms with Gasteiger partial charge in [0.2, 0.25) is 0 Å². The average Bonchev–Trinajstić information content (AvgIpc) is 2.41. The zero-order chi connectivity index (χ0) is 14.5. The molecule has 1 aromatic carbocycles. The van der Waals surface area contributed by atoms with Crippen LogP contribution in [0.2, 0.25) is 0 Å². The zero-order valence-electron chi connectivity index (χ0n) is 10.3. The highest BCUT2D eigenvalue weighted by atomic mass is 79.9. The lowest BCUT2D eigenvalue weighted by molar-refractivity contribution is -0.136. The lowest BCUT2D eigenvalue weighted by Gasteiger charge is -2.10. The SMILES string of the molecule is O=C(O)Cc1ccccc1NC(=O)c1cccnc1Br. The number of aromatic nitrogens is 1. The number of hydrogen-bond acceptors (Lipinski definition) is 3. The second-order valence-corrected chi connectivity index (χ2v) is 4.77. The number of anilines is 1.